The van der Waals surface area contributed by atoms with Gasteiger partial charge in [-0.25, -0.2) is 8.42 Å². The molecular formula is C8H8O3S. The number of hydrogen-bond acceptors (Lipinski definition) is 3. The van der Waals surface area contributed by atoms with Crippen LogP contribution in [0.3, 0.4) is 0 Å². The van der Waals surface area contributed by atoms with Gasteiger partial charge in [-0.1, -0.05) is 18.2 Å². The second kappa shape index (κ2) is 3.06. The van der Waals surface area contributed by atoms with Crippen molar-refractivity contribution in [2.24, 2.45) is 0 Å². The fourth-order valence-corrected chi connectivity index (χ4v) is 1.82. The molecule has 0 saturated carbocycles. The predicted octanol–water partition coefficient (Wildman–Crippen LogP) is 0.959. The van der Waals surface area contributed by atoms with Gasteiger partial charge >= 0.3 is 0 Å². The highest BCUT2D eigenvalue weighted by molar-refractivity contribution is 8.04. The second-order valence-electron chi connectivity index (χ2n) is 2.41. The monoisotopic (exact) mass is 184 g/mol. The van der Waals surface area contributed by atoms with Crippen LogP contribution < -0.4 is 0 Å². The van der Waals surface area contributed by atoms with Gasteiger partial charge in [0.25, 0.3) is 0 Å². The quantitative estimate of drug-likeness (QED) is 0.643. The van der Waals surface area contributed by atoms with Gasteiger partial charge in [-0.15, -0.1) is 0 Å². The summed E-state index contributed by atoms with van der Waals surface area (Å²) in [6, 6.07) is 6.37. The van der Waals surface area contributed by atoms with Crippen molar-refractivity contribution in [3.8, 4) is 0 Å². The number of aryl methyl sites for hydroxylation is 1. The zero-order valence-electron chi connectivity index (χ0n) is 6.52. The van der Waals surface area contributed by atoms with Crippen molar-refractivity contribution in [2.45, 2.75) is 11.8 Å². The molecule has 0 spiro atoms. The fraction of sp³-hybridized carbons (Fsp3) is 0.125. The average molecular weight is 184 g/mol. The van der Waals surface area contributed by atoms with E-state index >= 15 is 0 Å². The van der Waals surface area contributed by atoms with E-state index in [-0.39, 0.29) is 10.5 Å². The van der Waals surface area contributed by atoms with Crippen LogP contribution in [0.25, 0.3) is 0 Å². The first-order valence-electron chi connectivity index (χ1n) is 3.34. The van der Waals surface area contributed by atoms with E-state index in [4.69, 9.17) is 0 Å². The number of benzene rings is 1. The molecule has 0 bridgehead atoms. The standard InChI is InChI=1S/C8H8O3S/c1-7-4-2-3-5-8(7)12(10,11)6-9/h2-6H,1H3. The van der Waals surface area contributed by atoms with Crippen molar-refractivity contribution in [3.05, 3.63) is 29.8 Å². The van der Waals surface area contributed by atoms with Gasteiger partial charge in [0.2, 0.25) is 15.5 Å². The van der Waals surface area contributed by atoms with Gasteiger partial charge in [0.15, 0.2) is 0 Å². The lowest BCUT2D eigenvalue weighted by Gasteiger charge is -1.99. The van der Waals surface area contributed by atoms with Gasteiger partial charge in [0.05, 0.1) is 4.90 Å². The summed E-state index contributed by atoms with van der Waals surface area (Å²) in [5.74, 6) is 0. The van der Waals surface area contributed by atoms with Crippen molar-refractivity contribution in [1.82, 2.24) is 0 Å². The zero-order valence-corrected chi connectivity index (χ0v) is 7.34. The molecule has 0 saturated heterocycles. The molecule has 1 aromatic rings. The van der Waals surface area contributed by atoms with Crippen molar-refractivity contribution in [1.29, 1.82) is 0 Å². The Hall–Kier alpha value is -1.16. The number of rotatable bonds is 2. The molecule has 64 valence electrons. The SMILES string of the molecule is Cc1ccccc1S(=O)(=O)C=O. The number of hydrogen-bond donors (Lipinski definition) is 0. The van der Waals surface area contributed by atoms with E-state index in [0.717, 1.165) is 0 Å². The largest absolute Gasteiger partial charge is 0.285 e. The average Bonchev–Trinajstić information content (AvgIpc) is 2.05. The summed E-state index contributed by atoms with van der Waals surface area (Å²) in [6.45, 7) is 1.65. The Morgan fingerprint density at radius 1 is 1.25 bits per heavy atom. The molecule has 0 N–H and O–H groups in total. The Balaban J connectivity index is 3.39. The van der Waals surface area contributed by atoms with Crippen LogP contribution >= 0.6 is 0 Å². The van der Waals surface area contributed by atoms with E-state index in [1.807, 2.05) is 0 Å². The highest BCUT2D eigenvalue weighted by Crippen LogP contribution is 2.13. The first-order valence-corrected chi connectivity index (χ1v) is 4.88. The maximum atomic E-state index is 11.1. The summed E-state index contributed by atoms with van der Waals surface area (Å²) in [7, 11) is -3.71. The maximum Gasteiger partial charge on any atom is 0.238 e. The predicted molar refractivity (Wildman–Crippen MR) is 45.1 cm³/mol. The van der Waals surface area contributed by atoms with E-state index in [2.05, 4.69) is 0 Å². The molecule has 0 aliphatic carbocycles. The summed E-state index contributed by atoms with van der Waals surface area (Å²) >= 11 is 0. The molecule has 0 atom stereocenters. The van der Waals surface area contributed by atoms with Crippen LogP contribution in [0.5, 0.6) is 0 Å². The van der Waals surface area contributed by atoms with Crippen LogP contribution in [0, 0.1) is 6.92 Å². The number of carbonyl (C=O) groups is 1. The summed E-state index contributed by atoms with van der Waals surface area (Å²) in [5.41, 5.74) is 0.555. The zero-order chi connectivity index (χ0) is 9.19. The molecule has 0 fully saturated rings. The van der Waals surface area contributed by atoms with Crippen molar-refractivity contribution in [2.75, 3.05) is 0 Å². The molecule has 0 unspecified atom stereocenters. The van der Waals surface area contributed by atoms with Crippen LogP contribution in [-0.4, -0.2) is 14.0 Å². The Morgan fingerprint density at radius 3 is 2.33 bits per heavy atom. The summed E-state index contributed by atoms with van der Waals surface area (Å²) < 4.78 is 22.1. The van der Waals surface area contributed by atoms with Gasteiger partial charge in [-0.2, -0.15) is 0 Å². The van der Waals surface area contributed by atoms with Gasteiger partial charge in [0.1, 0.15) is 0 Å². The first-order chi connectivity index (χ1) is 5.58. The number of sulfone groups is 1. The molecule has 1 aromatic carbocycles. The highest BCUT2D eigenvalue weighted by atomic mass is 32.2. The second-order valence-corrected chi connectivity index (χ2v) is 4.13. The molecule has 0 aliphatic rings. The van der Waals surface area contributed by atoms with Crippen LogP contribution in [-0.2, 0) is 14.6 Å². The van der Waals surface area contributed by atoms with E-state index < -0.39 is 9.84 Å². The third-order valence-corrected chi connectivity index (χ3v) is 2.85. The minimum Gasteiger partial charge on any atom is -0.285 e. The normalized spacial score (nSPS) is 11.1. The molecule has 1 rings (SSSR count). The van der Waals surface area contributed by atoms with Crippen molar-refractivity contribution < 1.29 is 13.2 Å². The molecule has 0 radical (unpaired) electrons. The lowest BCUT2D eigenvalue weighted by molar-refractivity contribution is 0.556. The molecule has 12 heavy (non-hydrogen) atoms. The molecule has 3 nitrogen and oxygen atoms in total. The fourth-order valence-electron chi connectivity index (χ4n) is 0.927. The molecule has 4 heteroatoms. The smallest absolute Gasteiger partial charge is 0.238 e. The van der Waals surface area contributed by atoms with Crippen molar-refractivity contribution in [3.63, 3.8) is 0 Å². The molecule has 0 aliphatic heterocycles. The molecule has 0 heterocycles. The third kappa shape index (κ3) is 1.53. The van der Waals surface area contributed by atoms with Crippen LogP contribution in [0.15, 0.2) is 29.2 Å². The minimum absolute atomic E-state index is 0.0324. The summed E-state index contributed by atoms with van der Waals surface area (Å²) in [6.07, 6.45) is 0. The molecular weight excluding hydrogens is 176 g/mol. The lowest BCUT2D eigenvalue weighted by Crippen LogP contribution is -2.03. The minimum atomic E-state index is -3.71. The number of carbonyl (C=O) groups excluding carboxylic acids is 1. The third-order valence-electron chi connectivity index (χ3n) is 1.53. The first kappa shape index (κ1) is 8.93. The Labute approximate surface area is 70.9 Å². The highest BCUT2D eigenvalue weighted by Gasteiger charge is 2.13. The van der Waals surface area contributed by atoms with Gasteiger partial charge in [0, 0.05) is 0 Å². The van der Waals surface area contributed by atoms with Gasteiger partial charge in [-0.3, -0.25) is 4.79 Å². The van der Waals surface area contributed by atoms with Crippen LogP contribution in [0.1, 0.15) is 5.56 Å². The van der Waals surface area contributed by atoms with E-state index in [9.17, 15) is 13.2 Å². The van der Waals surface area contributed by atoms with Crippen molar-refractivity contribution >= 4 is 15.5 Å². The van der Waals surface area contributed by atoms with Crippen LogP contribution in [0.2, 0.25) is 0 Å². The Morgan fingerprint density at radius 2 is 1.83 bits per heavy atom. The Kier molecular flexibility index (Phi) is 2.28. The Bertz CT molecular complexity index is 393. The summed E-state index contributed by atoms with van der Waals surface area (Å²) in [4.78, 5) is 10.3. The van der Waals surface area contributed by atoms with Gasteiger partial charge in [-0.05, 0) is 18.6 Å². The van der Waals surface area contributed by atoms with Gasteiger partial charge < -0.3 is 0 Å². The molecule has 0 amide bonds. The molecule has 0 aromatic heterocycles. The van der Waals surface area contributed by atoms with Crippen LogP contribution in [0.4, 0.5) is 0 Å². The maximum absolute atomic E-state index is 11.1. The topological polar surface area (TPSA) is 51.2 Å². The van der Waals surface area contributed by atoms with E-state index in [1.54, 1.807) is 25.1 Å². The van der Waals surface area contributed by atoms with E-state index in [0.29, 0.717) is 5.56 Å². The lowest BCUT2D eigenvalue weighted by atomic mass is 10.2. The van der Waals surface area contributed by atoms with E-state index in [1.165, 1.54) is 6.07 Å². The summed E-state index contributed by atoms with van der Waals surface area (Å²) in [5, 5.41) is 0.